The van der Waals surface area contributed by atoms with E-state index < -0.39 is 35.3 Å². The molecule has 2 aromatic carbocycles. The van der Waals surface area contributed by atoms with E-state index in [1.165, 1.54) is 12.5 Å². The van der Waals surface area contributed by atoms with E-state index in [0.717, 1.165) is 36.6 Å². The van der Waals surface area contributed by atoms with Crippen LogP contribution in [0.25, 0.3) is 22.0 Å². The normalized spacial score (nSPS) is 21.9. The number of aromatic nitrogens is 1. The summed E-state index contributed by atoms with van der Waals surface area (Å²) in [5, 5.41) is 7.14. The van der Waals surface area contributed by atoms with E-state index in [1.54, 1.807) is 6.07 Å². The standard InChI is InChI=1S/C28H33F2N3O2/c1-15-14-31-25-18(15)11-8-12-19(25)23-20(29)13-21-22(24(23)30)16(2)26(28(3,4)33-21)35-27(34)32-17-9-6-5-7-10-17/h8,11-14,16-17,26,31,33H,5-7,9-10H2,1-4H3,(H,32,34)/t16-,26+/m1/s1. The molecule has 5 rings (SSSR count). The van der Waals surface area contributed by atoms with E-state index in [0.29, 0.717) is 22.3 Å². The van der Waals surface area contributed by atoms with Crippen molar-refractivity contribution in [3.63, 3.8) is 0 Å². The van der Waals surface area contributed by atoms with Crippen molar-refractivity contribution < 1.29 is 18.3 Å². The minimum absolute atomic E-state index is 0.0741. The number of H-pyrrole nitrogens is 1. The summed E-state index contributed by atoms with van der Waals surface area (Å²) in [4.78, 5) is 15.9. The van der Waals surface area contributed by atoms with Gasteiger partial charge in [0.05, 0.1) is 16.6 Å². The first-order chi connectivity index (χ1) is 16.7. The van der Waals surface area contributed by atoms with Crippen LogP contribution in [0.1, 0.15) is 69.9 Å². The Labute approximate surface area is 204 Å². The number of alkyl carbamates (subject to hydrolysis) is 1. The smallest absolute Gasteiger partial charge is 0.407 e. The first-order valence-electron chi connectivity index (χ1n) is 12.5. The van der Waals surface area contributed by atoms with Crippen molar-refractivity contribution in [2.45, 2.75) is 83.4 Å². The Kier molecular flexibility index (Phi) is 5.98. The van der Waals surface area contributed by atoms with Crippen LogP contribution in [0, 0.1) is 18.6 Å². The Balaban J connectivity index is 1.51. The van der Waals surface area contributed by atoms with Crippen LogP contribution in [0.5, 0.6) is 0 Å². The summed E-state index contributed by atoms with van der Waals surface area (Å²) in [6.07, 6.45) is 5.98. The number of ether oxygens (including phenoxy) is 1. The number of hydrogen-bond acceptors (Lipinski definition) is 3. The second kappa shape index (κ2) is 8.85. The quantitative estimate of drug-likeness (QED) is 0.372. The Morgan fingerprint density at radius 1 is 1.17 bits per heavy atom. The number of para-hydroxylation sites is 1. The van der Waals surface area contributed by atoms with Gasteiger partial charge in [-0.2, -0.15) is 0 Å². The highest BCUT2D eigenvalue weighted by molar-refractivity contribution is 5.96. The van der Waals surface area contributed by atoms with Crippen LogP contribution < -0.4 is 10.6 Å². The van der Waals surface area contributed by atoms with Gasteiger partial charge in [0.15, 0.2) is 0 Å². The highest BCUT2D eigenvalue weighted by atomic mass is 19.1. The van der Waals surface area contributed by atoms with E-state index in [4.69, 9.17) is 4.74 Å². The summed E-state index contributed by atoms with van der Waals surface area (Å²) in [6, 6.07) is 6.94. The summed E-state index contributed by atoms with van der Waals surface area (Å²) in [5.41, 5.74) is 2.11. The molecule has 186 valence electrons. The maximum atomic E-state index is 16.2. The number of aryl methyl sites for hydroxylation is 1. The Bertz CT molecular complexity index is 1280. The zero-order valence-corrected chi connectivity index (χ0v) is 20.7. The van der Waals surface area contributed by atoms with Gasteiger partial charge in [0.1, 0.15) is 17.7 Å². The molecule has 2 aliphatic rings. The van der Waals surface area contributed by atoms with Crippen molar-refractivity contribution in [3.8, 4) is 11.1 Å². The number of anilines is 1. The van der Waals surface area contributed by atoms with Crippen molar-refractivity contribution in [1.29, 1.82) is 0 Å². The monoisotopic (exact) mass is 481 g/mol. The molecule has 0 saturated heterocycles. The van der Waals surface area contributed by atoms with Crippen LogP contribution in [-0.2, 0) is 4.74 Å². The molecule has 1 fully saturated rings. The van der Waals surface area contributed by atoms with Crippen molar-refractivity contribution in [3.05, 3.63) is 53.2 Å². The fourth-order valence-electron chi connectivity index (χ4n) is 5.94. The molecule has 2 heterocycles. The van der Waals surface area contributed by atoms with Crippen LogP contribution in [0.4, 0.5) is 19.3 Å². The number of hydrogen-bond donors (Lipinski definition) is 3. The van der Waals surface area contributed by atoms with Gasteiger partial charge in [-0.1, -0.05) is 44.4 Å². The second-order valence-corrected chi connectivity index (χ2v) is 10.6. The van der Waals surface area contributed by atoms with Gasteiger partial charge in [-0.25, -0.2) is 13.6 Å². The molecule has 0 spiro atoms. The number of amides is 1. The Hall–Kier alpha value is -3.09. The lowest BCUT2D eigenvalue weighted by atomic mass is 9.77. The average Bonchev–Trinajstić information content (AvgIpc) is 3.18. The van der Waals surface area contributed by atoms with Gasteiger partial charge in [-0.3, -0.25) is 0 Å². The first kappa shape index (κ1) is 23.6. The third kappa shape index (κ3) is 4.15. The fourth-order valence-corrected chi connectivity index (χ4v) is 5.94. The molecular weight excluding hydrogens is 448 g/mol. The van der Waals surface area contributed by atoms with Gasteiger partial charge < -0.3 is 20.4 Å². The highest BCUT2D eigenvalue weighted by Crippen LogP contribution is 2.46. The van der Waals surface area contributed by atoms with Gasteiger partial charge in [-0.05, 0) is 45.2 Å². The van der Waals surface area contributed by atoms with Gasteiger partial charge in [0, 0.05) is 40.4 Å². The molecule has 1 amide bonds. The molecule has 2 atom stereocenters. The van der Waals surface area contributed by atoms with E-state index >= 15 is 8.78 Å². The highest BCUT2D eigenvalue weighted by Gasteiger charge is 2.45. The van der Waals surface area contributed by atoms with Gasteiger partial charge in [-0.15, -0.1) is 0 Å². The van der Waals surface area contributed by atoms with Gasteiger partial charge in [0.25, 0.3) is 0 Å². The molecule has 3 aromatic rings. The van der Waals surface area contributed by atoms with Gasteiger partial charge in [0.2, 0.25) is 0 Å². The second-order valence-electron chi connectivity index (χ2n) is 10.6. The van der Waals surface area contributed by atoms with Crippen LogP contribution in [0.2, 0.25) is 0 Å². The van der Waals surface area contributed by atoms with Crippen molar-refractivity contribution in [2.24, 2.45) is 0 Å². The number of carbonyl (C=O) groups is 1. The fraction of sp³-hybridized carbons (Fsp3) is 0.464. The Morgan fingerprint density at radius 2 is 1.91 bits per heavy atom. The number of nitrogens with one attached hydrogen (secondary N) is 3. The molecule has 1 aliphatic heterocycles. The molecular formula is C28H33F2N3O2. The third-order valence-electron chi connectivity index (χ3n) is 7.69. The number of rotatable bonds is 3. The van der Waals surface area contributed by atoms with Crippen molar-refractivity contribution in [2.75, 3.05) is 5.32 Å². The molecule has 5 nitrogen and oxygen atoms in total. The molecule has 3 N–H and O–H groups in total. The summed E-state index contributed by atoms with van der Waals surface area (Å²) in [5.74, 6) is -1.75. The molecule has 0 unspecified atom stereocenters. The molecule has 1 saturated carbocycles. The molecule has 1 aromatic heterocycles. The first-order valence-corrected chi connectivity index (χ1v) is 12.5. The average molecular weight is 482 g/mol. The van der Waals surface area contributed by atoms with E-state index in [1.807, 2.05) is 46.0 Å². The summed E-state index contributed by atoms with van der Waals surface area (Å²) in [6.45, 7) is 7.56. The Morgan fingerprint density at radius 3 is 2.66 bits per heavy atom. The topological polar surface area (TPSA) is 66.2 Å². The van der Waals surface area contributed by atoms with Crippen LogP contribution in [0.15, 0.2) is 30.5 Å². The van der Waals surface area contributed by atoms with E-state index in [2.05, 4.69) is 15.6 Å². The molecule has 7 heteroatoms. The zero-order chi connectivity index (χ0) is 24.9. The lowest BCUT2D eigenvalue weighted by Gasteiger charge is -2.44. The van der Waals surface area contributed by atoms with Crippen LogP contribution >= 0.6 is 0 Å². The number of aromatic amines is 1. The van der Waals surface area contributed by atoms with Crippen molar-refractivity contribution >= 4 is 22.7 Å². The minimum atomic E-state index is -0.715. The lowest BCUT2D eigenvalue weighted by Crippen LogP contribution is -2.53. The summed E-state index contributed by atoms with van der Waals surface area (Å²) >= 11 is 0. The number of benzene rings is 2. The summed E-state index contributed by atoms with van der Waals surface area (Å²) in [7, 11) is 0. The largest absolute Gasteiger partial charge is 0.443 e. The predicted molar refractivity (Wildman–Crippen MR) is 135 cm³/mol. The van der Waals surface area contributed by atoms with Crippen LogP contribution in [0.3, 0.4) is 0 Å². The van der Waals surface area contributed by atoms with E-state index in [-0.39, 0.29) is 11.6 Å². The van der Waals surface area contributed by atoms with Crippen molar-refractivity contribution in [1.82, 2.24) is 10.3 Å². The molecule has 1 aliphatic carbocycles. The minimum Gasteiger partial charge on any atom is -0.443 e. The number of carbonyl (C=O) groups excluding carboxylic acids is 1. The maximum absolute atomic E-state index is 16.2. The maximum Gasteiger partial charge on any atom is 0.407 e. The lowest BCUT2D eigenvalue weighted by molar-refractivity contribution is 0.0438. The molecule has 0 radical (unpaired) electrons. The zero-order valence-electron chi connectivity index (χ0n) is 20.7. The van der Waals surface area contributed by atoms with E-state index in [9.17, 15) is 4.79 Å². The van der Waals surface area contributed by atoms with Crippen LogP contribution in [-0.4, -0.2) is 28.8 Å². The number of halogens is 2. The molecule has 35 heavy (non-hydrogen) atoms. The molecule has 0 bridgehead atoms. The van der Waals surface area contributed by atoms with Gasteiger partial charge >= 0.3 is 6.09 Å². The predicted octanol–water partition coefficient (Wildman–Crippen LogP) is 7.16. The SMILES string of the molecule is Cc1c[nH]c2c(-c3c(F)cc4c(c3F)[C@@H](C)[C@H](OC(=O)NC3CCCCC3)C(C)(C)N4)cccc12. The number of fused-ring (bicyclic) bond motifs is 2. The third-order valence-corrected chi connectivity index (χ3v) is 7.69. The summed E-state index contributed by atoms with van der Waals surface area (Å²) < 4.78 is 37.5.